The number of hydrogen-bond donors (Lipinski definition) is 0. The van der Waals surface area contributed by atoms with Crippen molar-refractivity contribution in [3.8, 4) is 0 Å². The first kappa shape index (κ1) is 13.7. The number of methoxy groups -OCH3 is 1. The molecule has 2 aromatic carbocycles. The summed E-state index contributed by atoms with van der Waals surface area (Å²) in [6.07, 6.45) is 0.740. The molecule has 2 aromatic rings. The van der Waals surface area contributed by atoms with E-state index in [1.807, 2.05) is 36.4 Å². The number of carbonyl (C=O) groups excluding carboxylic acids is 1. The molecule has 0 unspecified atom stereocenters. The van der Waals surface area contributed by atoms with Crippen LogP contribution in [0.2, 0.25) is 0 Å². The summed E-state index contributed by atoms with van der Waals surface area (Å²) in [5.74, 6) is -0.357. The lowest BCUT2D eigenvalue weighted by Gasteiger charge is -2.39. The van der Waals surface area contributed by atoms with Gasteiger partial charge < -0.3 is 9.64 Å². The third kappa shape index (κ3) is 2.40. The molecule has 3 heteroatoms. The Balaban J connectivity index is 2.06. The summed E-state index contributed by atoms with van der Waals surface area (Å²) in [6, 6.07) is 18.6. The predicted octanol–water partition coefficient (Wildman–Crippen LogP) is 3.52. The zero-order valence-corrected chi connectivity index (χ0v) is 12.3. The van der Waals surface area contributed by atoms with Crippen LogP contribution in [0.1, 0.15) is 29.5 Å². The van der Waals surface area contributed by atoms with Crippen molar-refractivity contribution in [2.24, 2.45) is 0 Å². The van der Waals surface area contributed by atoms with Gasteiger partial charge in [0.25, 0.3) is 0 Å². The van der Waals surface area contributed by atoms with Crippen LogP contribution in [-0.4, -0.2) is 20.1 Å². The fraction of sp³-hybridized carbons (Fsp3) is 0.278. The average Bonchev–Trinajstić information content (AvgIpc) is 2.55. The van der Waals surface area contributed by atoms with Crippen LogP contribution < -0.4 is 4.90 Å². The molecule has 0 saturated carbocycles. The van der Waals surface area contributed by atoms with Crippen LogP contribution in [0.5, 0.6) is 0 Å². The largest absolute Gasteiger partial charge is 0.469 e. The number of fused-ring (bicyclic) bond motifs is 1. The molecule has 3 rings (SSSR count). The lowest BCUT2D eigenvalue weighted by molar-refractivity contribution is -0.142. The molecule has 0 amide bonds. The van der Waals surface area contributed by atoms with Crippen molar-refractivity contribution in [1.29, 1.82) is 0 Å². The van der Waals surface area contributed by atoms with E-state index in [9.17, 15) is 4.79 Å². The minimum absolute atomic E-state index is 0.156. The zero-order chi connectivity index (χ0) is 14.8. The van der Waals surface area contributed by atoms with E-state index in [4.69, 9.17) is 4.74 Å². The number of hydrogen-bond acceptors (Lipinski definition) is 3. The fourth-order valence-corrected chi connectivity index (χ4v) is 3.18. The molecule has 1 heterocycles. The van der Waals surface area contributed by atoms with Crippen LogP contribution in [0.25, 0.3) is 0 Å². The van der Waals surface area contributed by atoms with Crippen LogP contribution >= 0.6 is 0 Å². The normalized spacial score (nSPS) is 20.8. The first-order valence-corrected chi connectivity index (χ1v) is 7.17. The van der Waals surface area contributed by atoms with Crippen LogP contribution in [0.4, 0.5) is 5.69 Å². The van der Waals surface area contributed by atoms with Gasteiger partial charge in [-0.1, -0.05) is 48.5 Å². The van der Waals surface area contributed by atoms with Gasteiger partial charge in [-0.05, 0) is 23.6 Å². The number of nitrogens with zero attached hydrogens (tertiary/aromatic N) is 1. The molecular formula is C18H19NO2. The number of ether oxygens (including phenoxy) is 1. The van der Waals surface area contributed by atoms with Gasteiger partial charge in [0, 0.05) is 12.7 Å². The van der Waals surface area contributed by atoms with Crippen molar-refractivity contribution >= 4 is 11.7 Å². The second-order valence-corrected chi connectivity index (χ2v) is 5.41. The van der Waals surface area contributed by atoms with Gasteiger partial charge >= 0.3 is 5.97 Å². The molecule has 0 N–H and O–H groups in total. The van der Waals surface area contributed by atoms with Gasteiger partial charge in [-0.25, -0.2) is 0 Å². The minimum atomic E-state index is -0.201. The summed E-state index contributed by atoms with van der Waals surface area (Å²) in [4.78, 5) is 14.4. The third-order valence-electron chi connectivity index (χ3n) is 4.29. The Labute approximate surface area is 125 Å². The van der Waals surface area contributed by atoms with E-state index >= 15 is 0 Å². The topological polar surface area (TPSA) is 29.5 Å². The summed E-state index contributed by atoms with van der Waals surface area (Å²) in [5.41, 5.74) is 3.38. The zero-order valence-electron chi connectivity index (χ0n) is 12.3. The maximum atomic E-state index is 12.2. The third-order valence-corrected chi connectivity index (χ3v) is 4.29. The molecular weight excluding hydrogens is 262 g/mol. The number of rotatable bonds is 2. The number of para-hydroxylation sites is 1. The Morgan fingerprint density at radius 2 is 1.76 bits per heavy atom. The molecule has 0 radical (unpaired) electrons. The molecule has 0 saturated heterocycles. The van der Waals surface area contributed by atoms with Crippen molar-refractivity contribution in [1.82, 2.24) is 0 Å². The quantitative estimate of drug-likeness (QED) is 0.789. The van der Waals surface area contributed by atoms with Crippen molar-refractivity contribution in [2.75, 3.05) is 19.1 Å². The molecule has 1 aliphatic heterocycles. The molecule has 0 bridgehead atoms. The summed E-state index contributed by atoms with van der Waals surface area (Å²) in [5, 5.41) is 0. The highest BCUT2D eigenvalue weighted by molar-refractivity contribution is 5.82. The lowest BCUT2D eigenvalue weighted by Crippen LogP contribution is -2.34. The maximum absolute atomic E-state index is 12.2. The van der Waals surface area contributed by atoms with E-state index in [2.05, 4.69) is 30.1 Å². The molecule has 0 fully saturated rings. The molecule has 108 valence electrons. The second kappa shape index (κ2) is 5.60. The van der Waals surface area contributed by atoms with E-state index < -0.39 is 0 Å². The Kier molecular flexibility index (Phi) is 3.65. The molecule has 21 heavy (non-hydrogen) atoms. The van der Waals surface area contributed by atoms with Gasteiger partial charge in [-0.3, -0.25) is 4.79 Å². The van der Waals surface area contributed by atoms with Crippen molar-refractivity contribution in [3.63, 3.8) is 0 Å². The van der Waals surface area contributed by atoms with E-state index in [1.165, 1.54) is 12.7 Å². The SMILES string of the molecule is COC(=O)[C@@H]1C[C@H](c2ccccc2)N(C)c2ccccc21. The molecule has 0 spiro atoms. The fourth-order valence-electron chi connectivity index (χ4n) is 3.18. The average molecular weight is 281 g/mol. The number of benzene rings is 2. The van der Waals surface area contributed by atoms with Crippen molar-refractivity contribution in [3.05, 3.63) is 65.7 Å². The molecule has 3 nitrogen and oxygen atoms in total. The van der Waals surface area contributed by atoms with Gasteiger partial charge in [-0.2, -0.15) is 0 Å². The van der Waals surface area contributed by atoms with Gasteiger partial charge in [0.1, 0.15) is 0 Å². The molecule has 0 aromatic heterocycles. The summed E-state index contributed by atoms with van der Waals surface area (Å²) >= 11 is 0. The highest BCUT2D eigenvalue weighted by Gasteiger charge is 2.35. The van der Waals surface area contributed by atoms with Crippen LogP contribution in [-0.2, 0) is 9.53 Å². The number of anilines is 1. The molecule has 0 aliphatic carbocycles. The second-order valence-electron chi connectivity index (χ2n) is 5.41. The molecule has 2 atom stereocenters. The minimum Gasteiger partial charge on any atom is -0.469 e. The summed E-state index contributed by atoms with van der Waals surface area (Å²) < 4.78 is 5.01. The standard InChI is InChI=1S/C18H19NO2/c1-19-16-11-7-6-10-14(16)15(18(20)21-2)12-17(19)13-8-4-3-5-9-13/h3-11,15,17H,12H2,1-2H3/t15-,17-/m1/s1. The van der Waals surface area contributed by atoms with E-state index in [1.54, 1.807) is 0 Å². The lowest BCUT2D eigenvalue weighted by atomic mass is 9.83. The first-order chi connectivity index (χ1) is 10.2. The van der Waals surface area contributed by atoms with E-state index in [0.29, 0.717) is 0 Å². The summed E-state index contributed by atoms with van der Waals surface area (Å²) in [7, 11) is 3.55. The Morgan fingerprint density at radius 1 is 1.10 bits per heavy atom. The highest BCUT2D eigenvalue weighted by atomic mass is 16.5. The van der Waals surface area contributed by atoms with Crippen molar-refractivity contribution < 1.29 is 9.53 Å². The van der Waals surface area contributed by atoms with Crippen LogP contribution in [0, 0.1) is 0 Å². The highest BCUT2D eigenvalue weighted by Crippen LogP contribution is 2.44. The van der Waals surface area contributed by atoms with Gasteiger partial charge in [0.2, 0.25) is 0 Å². The predicted molar refractivity (Wildman–Crippen MR) is 83.4 cm³/mol. The Bertz CT molecular complexity index is 639. The van der Waals surface area contributed by atoms with Gasteiger partial charge in [-0.15, -0.1) is 0 Å². The van der Waals surface area contributed by atoms with Gasteiger partial charge in [0.15, 0.2) is 0 Å². The molecule has 1 aliphatic rings. The van der Waals surface area contributed by atoms with E-state index in [-0.39, 0.29) is 17.9 Å². The van der Waals surface area contributed by atoms with E-state index in [0.717, 1.165) is 17.7 Å². The van der Waals surface area contributed by atoms with Crippen LogP contribution in [0.15, 0.2) is 54.6 Å². The maximum Gasteiger partial charge on any atom is 0.313 e. The first-order valence-electron chi connectivity index (χ1n) is 7.17. The van der Waals surface area contributed by atoms with Crippen molar-refractivity contribution in [2.45, 2.75) is 18.4 Å². The van der Waals surface area contributed by atoms with Gasteiger partial charge in [0.05, 0.1) is 19.1 Å². The summed E-state index contributed by atoms with van der Waals surface area (Å²) in [6.45, 7) is 0. The number of esters is 1. The smallest absolute Gasteiger partial charge is 0.313 e. The van der Waals surface area contributed by atoms with Crippen LogP contribution in [0.3, 0.4) is 0 Å². The Morgan fingerprint density at radius 3 is 2.48 bits per heavy atom. The number of carbonyl (C=O) groups is 1. The Hall–Kier alpha value is -2.29. The monoisotopic (exact) mass is 281 g/mol.